The Bertz CT molecular complexity index is 610. The zero-order valence-corrected chi connectivity index (χ0v) is 10.7. The number of aromatic amines is 1. The molecule has 0 spiro atoms. The van der Waals surface area contributed by atoms with Gasteiger partial charge in [0, 0.05) is 19.2 Å². The van der Waals surface area contributed by atoms with Gasteiger partial charge in [-0.2, -0.15) is 5.10 Å². The first-order valence-electron chi connectivity index (χ1n) is 6.65. The molecule has 19 heavy (non-hydrogen) atoms. The molecule has 0 radical (unpaired) electrons. The summed E-state index contributed by atoms with van der Waals surface area (Å²) in [4.78, 5) is 17.9. The van der Waals surface area contributed by atoms with E-state index in [0.717, 1.165) is 50.6 Å². The van der Waals surface area contributed by atoms with Gasteiger partial charge in [0.25, 0.3) is 0 Å². The van der Waals surface area contributed by atoms with Crippen LogP contribution in [0.4, 0.5) is 5.82 Å². The first-order chi connectivity index (χ1) is 9.28. The maximum Gasteiger partial charge on any atom is 0.348 e. The molecule has 1 saturated heterocycles. The Morgan fingerprint density at radius 3 is 2.95 bits per heavy atom. The number of rotatable bonds is 3. The highest BCUT2D eigenvalue weighted by Crippen LogP contribution is 2.23. The monoisotopic (exact) mass is 262 g/mol. The van der Waals surface area contributed by atoms with E-state index in [-0.39, 0.29) is 5.69 Å². The molecule has 0 saturated carbocycles. The molecule has 0 aliphatic carbocycles. The lowest BCUT2D eigenvalue weighted by atomic mass is 9.94. The third-order valence-electron chi connectivity index (χ3n) is 3.81. The van der Waals surface area contributed by atoms with Gasteiger partial charge >= 0.3 is 5.69 Å². The normalized spacial score (nSPS) is 17.2. The summed E-state index contributed by atoms with van der Waals surface area (Å²) >= 11 is 0. The van der Waals surface area contributed by atoms with Crippen molar-refractivity contribution in [3.05, 3.63) is 22.9 Å². The Morgan fingerprint density at radius 2 is 2.21 bits per heavy atom. The lowest BCUT2D eigenvalue weighted by Gasteiger charge is -2.32. The van der Waals surface area contributed by atoms with E-state index in [1.54, 1.807) is 0 Å². The molecule has 3 rings (SSSR count). The zero-order chi connectivity index (χ0) is 13.2. The van der Waals surface area contributed by atoms with Crippen molar-refractivity contribution in [2.24, 2.45) is 11.7 Å². The van der Waals surface area contributed by atoms with Crippen LogP contribution in [0.15, 0.2) is 17.2 Å². The first kappa shape index (κ1) is 12.2. The molecule has 102 valence electrons. The van der Waals surface area contributed by atoms with Crippen LogP contribution in [-0.4, -0.2) is 39.2 Å². The van der Waals surface area contributed by atoms with Crippen LogP contribution in [0.3, 0.4) is 0 Å². The quantitative estimate of drug-likeness (QED) is 0.811. The number of nitrogens with one attached hydrogen (secondary N) is 1. The molecular formula is C12H18N6O. The molecule has 0 bridgehead atoms. The van der Waals surface area contributed by atoms with Crippen LogP contribution in [-0.2, 0) is 0 Å². The lowest BCUT2D eigenvalue weighted by Crippen LogP contribution is -2.35. The summed E-state index contributed by atoms with van der Waals surface area (Å²) < 4.78 is 1.41. The molecule has 0 amide bonds. The van der Waals surface area contributed by atoms with Gasteiger partial charge in [-0.15, -0.1) is 0 Å². The van der Waals surface area contributed by atoms with Crippen LogP contribution in [0.1, 0.15) is 19.3 Å². The average Bonchev–Trinajstić information content (AvgIpc) is 2.81. The van der Waals surface area contributed by atoms with E-state index in [2.05, 4.69) is 20.1 Å². The predicted octanol–water partition coefficient (Wildman–Crippen LogP) is -0.0172. The number of H-pyrrole nitrogens is 1. The standard InChI is InChI=1S/C12H18N6O/c13-4-1-9-2-5-17(6-3-9)10-7-11-15-16-12(19)18(11)8-14-10/h7-9H,1-6,13H2,(H,16,19). The molecular weight excluding hydrogens is 244 g/mol. The summed E-state index contributed by atoms with van der Waals surface area (Å²) in [5, 5.41) is 6.38. The van der Waals surface area contributed by atoms with Crippen molar-refractivity contribution < 1.29 is 0 Å². The summed E-state index contributed by atoms with van der Waals surface area (Å²) in [6, 6.07) is 1.85. The molecule has 0 aromatic carbocycles. The highest BCUT2D eigenvalue weighted by atomic mass is 16.1. The third-order valence-corrected chi connectivity index (χ3v) is 3.81. The molecule has 1 aliphatic rings. The molecule has 0 atom stereocenters. The molecule has 7 heteroatoms. The minimum atomic E-state index is -0.254. The number of nitrogens with zero attached hydrogens (tertiary/aromatic N) is 4. The van der Waals surface area contributed by atoms with Gasteiger partial charge in [0.15, 0.2) is 5.65 Å². The molecule has 2 aromatic rings. The largest absolute Gasteiger partial charge is 0.356 e. The van der Waals surface area contributed by atoms with Crippen LogP contribution >= 0.6 is 0 Å². The Hall–Kier alpha value is -1.89. The first-order valence-corrected chi connectivity index (χ1v) is 6.65. The summed E-state index contributed by atoms with van der Waals surface area (Å²) in [6.07, 6.45) is 4.94. The fourth-order valence-electron chi connectivity index (χ4n) is 2.66. The van der Waals surface area contributed by atoms with Gasteiger partial charge in [0.1, 0.15) is 12.1 Å². The number of piperidine rings is 1. The van der Waals surface area contributed by atoms with Crippen molar-refractivity contribution in [3.8, 4) is 0 Å². The number of fused-ring (bicyclic) bond motifs is 1. The van der Waals surface area contributed by atoms with Gasteiger partial charge < -0.3 is 10.6 Å². The van der Waals surface area contributed by atoms with Gasteiger partial charge in [-0.3, -0.25) is 0 Å². The Labute approximate surface area is 110 Å². The van der Waals surface area contributed by atoms with Crippen molar-refractivity contribution in [1.82, 2.24) is 19.6 Å². The van der Waals surface area contributed by atoms with E-state index < -0.39 is 0 Å². The SMILES string of the molecule is NCCC1CCN(c2cc3n[nH]c(=O)n3cn2)CC1. The maximum atomic E-state index is 11.4. The average molecular weight is 262 g/mol. The van der Waals surface area contributed by atoms with Gasteiger partial charge in [-0.05, 0) is 31.7 Å². The van der Waals surface area contributed by atoms with Gasteiger partial charge in [-0.25, -0.2) is 19.3 Å². The van der Waals surface area contributed by atoms with E-state index in [0.29, 0.717) is 5.65 Å². The predicted molar refractivity (Wildman–Crippen MR) is 72.2 cm³/mol. The Balaban J connectivity index is 1.76. The topological polar surface area (TPSA) is 92.3 Å². The van der Waals surface area contributed by atoms with Crippen molar-refractivity contribution in [2.45, 2.75) is 19.3 Å². The summed E-state index contributed by atoms with van der Waals surface area (Å²) in [5.41, 5.74) is 5.96. The Morgan fingerprint density at radius 1 is 1.42 bits per heavy atom. The Kier molecular flexibility index (Phi) is 3.20. The summed E-state index contributed by atoms with van der Waals surface area (Å²) in [5.74, 6) is 1.62. The molecule has 1 aliphatic heterocycles. The number of hydrogen-bond donors (Lipinski definition) is 2. The van der Waals surface area contributed by atoms with Crippen molar-refractivity contribution >= 4 is 11.5 Å². The highest BCUT2D eigenvalue weighted by molar-refractivity contribution is 5.50. The lowest BCUT2D eigenvalue weighted by molar-refractivity contribution is 0.385. The van der Waals surface area contributed by atoms with Crippen molar-refractivity contribution in [1.29, 1.82) is 0 Å². The summed E-state index contributed by atoms with van der Waals surface area (Å²) in [6.45, 7) is 2.75. The number of hydrogen-bond acceptors (Lipinski definition) is 5. The van der Waals surface area contributed by atoms with Gasteiger partial charge in [0.05, 0.1) is 0 Å². The van der Waals surface area contributed by atoms with Crippen LogP contribution in [0.2, 0.25) is 0 Å². The molecule has 2 aromatic heterocycles. The second-order valence-corrected chi connectivity index (χ2v) is 5.01. The zero-order valence-electron chi connectivity index (χ0n) is 10.7. The molecule has 1 fully saturated rings. The molecule has 7 nitrogen and oxygen atoms in total. The van der Waals surface area contributed by atoms with E-state index in [9.17, 15) is 4.79 Å². The van der Waals surface area contributed by atoms with Crippen LogP contribution in [0.5, 0.6) is 0 Å². The van der Waals surface area contributed by atoms with Crippen molar-refractivity contribution in [2.75, 3.05) is 24.5 Å². The fourth-order valence-corrected chi connectivity index (χ4v) is 2.66. The fraction of sp³-hybridized carbons (Fsp3) is 0.583. The van der Waals surface area contributed by atoms with E-state index in [1.807, 2.05) is 6.07 Å². The number of nitrogens with two attached hydrogens (primary N) is 1. The molecule has 3 heterocycles. The summed E-state index contributed by atoms with van der Waals surface area (Å²) in [7, 11) is 0. The molecule has 0 unspecified atom stereocenters. The smallest absolute Gasteiger partial charge is 0.348 e. The van der Waals surface area contributed by atoms with E-state index in [4.69, 9.17) is 5.73 Å². The second-order valence-electron chi connectivity index (χ2n) is 5.01. The maximum absolute atomic E-state index is 11.4. The van der Waals surface area contributed by atoms with E-state index in [1.165, 1.54) is 10.7 Å². The van der Waals surface area contributed by atoms with E-state index >= 15 is 0 Å². The van der Waals surface area contributed by atoms with Crippen LogP contribution in [0.25, 0.3) is 5.65 Å². The van der Waals surface area contributed by atoms with Crippen LogP contribution in [0, 0.1) is 5.92 Å². The molecule has 3 N–H and O–H groups in total. The van der Waals surface area contributed by atoms with Gasteiger partial charge in [-0.1, -0.05) is 0 Å². The highest BCUT2D eigenvalue weighted by Gasteiger charge is 2.20. The second kappa shape index (κ2) is 5.00. The number of anilines is 1. The van der Waals surface area contributed by atoms with Gasteiger partial charge in [0.2, 0.25) is 0 Å². The number of aromatic nitrogens is 4. The third kappa shape index (κ3) is 2.33. The van der Waals surface area contributed by atoms with Crippen molar-refractivity contribution in [3.63, 3.8) is 0 Å². The minimum absolute atomic E-state index is 0.254. The van der Waals surface area contributed by atoms with Crippen LogP contribution < -0.4 is 16.3 Å². The minimum Gasteiger partial charge on any atom is -0.356 e.